The van der Waals surface area contributed by atoms with E-state index in [-0.39, 0.29) is 0 Å². The second kappa shape index (κ2) is 4.28. The molecule has 2 N–H and O–H groups in total. The highest BCUT2D eigenvalue weighted by molar-refractivity contribution is 5.82. The maximum absolute atomic E-state index is 5.10. The van der Waals surface area contributed by atoms with Gasteiger partial charge < -0.3 is 4.57 Å². The van der Waals surface area contributed by atoms with Gasteiger partial charge in [0.25, 0.3) is 0 Å². The Kier molecular flexibility index (Phi) is 2.99. The fourth-order valence-corrected chi connectivity index (χ4v) is 2.28. The molecule has 2 aromatic rings. The summed E-state index contributed by atoms with van der Waals surface area (Å²) in [5.74, 6) is 5.10. The molecule has 0 radical (unpaired) electrons. The van der Waals surface area contributed by atoms with Gasteiger partial charge in [-0.2, -0.15) is 0 Å². The Morgan fingerprint density at radius 1 is 1.31 bits per heavy atom. The molecule has 2 rings (SSSR count). The number of nitrogens with two attached hydrogens (primary N) is 1. The first kappa shape index (κ1) is 11.2. The number of benzene rings is 1. The molecule has 0 spiro atoms. The molecule has 0 aliphatic rings. The molecule has 1 aromatic carbocycles. The fourth-order valence-electron chi connectivity index (χ4n) is 2.28. The zero-order chi connectivity index (χ0) is 11.7. The molecule has 0 amide bonds. The maximum Gasteiger partial charge on any atom is 0.0930 e. The highest BCUT2D eigenvalue weighted by atomic mass is 16.6. The van der Waals surface area contributed by atoms with Crippen molar-refractivity contribution in [3.05, 3.63) is 35.5 Å². The summed E-state index contributed by atoms with van der Waals surface area (Å²) in [7, 11) is 0. The van der Waals surface area contributed by atoms with E-state index in [0.29, 0.717) is 12.6 Å². The normalized spacial score (nSPS) is 11.6. The lowest BCUT2D eigenvalue weighted by molar-refractivity contribution is 0.124. The monoisotopic (exact) mass is 218 g/mol. The topological polar surface area (TPSA) is 40.2 Å². The van der Waals surface area contributed by atoms with Gasteiger partial charge >= 0.3 is 0 Å². The van der Waals surface area contributed by atoms with Crippen molar-refractivity contribution in [1.29, 1.82) is 0 Å². The molecule has 0 saturated carbocycles. The average molecular weight is 218 g/mol. The van der Waals surface area contributed by atoms with Crippen LogP contribution in [0, 0.1) is 6.92 Å². The van der Waals surface area contributed by atoms with Gasteiger partial charge in [0.15, 0.2) is 0 Å². The summed E-state index contributed by atoms with van der Waals surface area (Å²) in [5.41, 5.74) is 3.65. The van der Waals surface area contributed by atoms with Crippen LogP contribution in [0.3, 0.4) is 0 Å². The zero-order valence-corrected chi connectivity index (χ0v) is 10.0. The maximum atomic E-state index is 5.10. The quantitative estimate of drug-likeness (QED) is 0.805. The Morgan fingerprint density at radius 3 is 2.69 bits per heavy atom. The Morgan fingerprint density at radius 2 is 2.06 bits per heavy atom. The van der Waals surface area contributed by atoms with E-state index < -0.39 is 0 Å². The molecule has 1 heterocycles. The largest absolute Gasteiger partial charge is 0.342 e. The van der Waals surface area contributed by atoms with E-state index in [0.717, 1.165) is 5.56 Å². The number of aromatic nitrogens is 1. The minimum Gasteiger partial charge on any atom is -0.342 e. The van der Waals surface area contributed by atoms with Gasteiger partial charge in [0.1, 0.15) is 0 Å². The van der Waals surface area contributed by atoms with E-state index >= 15 is 0 Å². The minimum atomic E-state index is 0.457. The van der Waals surface area contributed by atoms with E-state index in [1.54, 1.807) is 0 Å². The third-order valence-electron chi connectivity index (χ3n) is 2.87. The van der Waals surface area contributed by atoms with Gasteiger partial charge in [-0.25, -0.2) is 5.90 Å². The second-order valence-corrected chi connectivity index (χ2v) is 4.45. The molecular weight excluding hydrogens is 200 g/mol. The van der Waals surface area contributed by atoms with Gasteiger partial charge in [-0.15, -0.1) is 0 Å². The molecule has 86 valence electrons. The lowest BCUT2D eigenvalue weighted by atomic mass is 10.2. The summed E-state index contributed by atoms with van der Waals surface area (Å²) < 4.78 is 2.33. The smallest absolute Gasteiger partial charge is 0.0930 e. The third-order valence-corrected chi connectivity index (χ3v) is 2.87. The number of aryl methyl sites for hydroxylation is 1. The molecule has 0 aliphatic carbocycles. The molecule has 3 nitrogen and oxygen atoms in total. The van der Waals surface area contributed by atoms with Gasteiger partial charge in [-0.3, -0.25) is 4.84 Å². The Labute approximate surface area is 95.8 Å². The van der Waals surface area contributed by atoms with Crippen LogP contribution in [0.25, 0.3) is 10.9 Å². The van der Waals surface area contributed by atoms with Crippen molar-refractivity contribution in [3.63, 3.8) is 0 Å². The zero-order valence-electron chi connectivity index (χ0n) is 10.0. The average Bonchev–Trinajstić information content (AvgIpc) is 2.53. The Bertz CT molecular complexity index is 500. The predicted molar refractivity (Wildman–Crippen MR) is 66.0 cm³/mol. The first-order valence-electron chi connectivity index (χ1n) is 5.55. The summed E-state index contributed by atoms with van der Waals surface area (Å²) in [6.07, 6.45) is 0. The van der Waals surface area contributed by atoms with Crippen LogP contribution >= 0.6 is 0 Å². The van der Waals surface area contributed by atoms with Crippen molar-refractivity contribution in [2.24, 2.45) is 5.90 Å². The van der Waals surface area contributed by atoms with Crippen LogP contribution in [0.15, 0.2) is 24.3 Å². The highest BCUT2D eigenvalue weighted by Crippen LogP contribution is 2.24. The molecular formula is C13H18N2O. The standard InChI is InChI=1S/C13H18N2O/c1-9(2)15-10(3)6-12-5-4-11(8-16-14)7-13(12)15/h4-7,9H,8,14H2,1-3H3. The summed E-state index contributed by atoms with van der Waals surface area (Å²) in [6, 6.07) is 9.00. The second-order valence-electron chi connectivity index (χ2n) is 4.45. The Balaban J connectivity index is 2.60. The molecule has 3 heteroatoms. The summed E-state index contributed by atoms with van der Waals surface area (Å²) in [6.45, 7) is 6.98. The highest BCUT2D eigenvalue weighted by Gasteiger charge is 2.08. The van der Waals surface area contributed by atoms with Crippen molar-refractivity contribution in [2.75, 3.05) is 0 Å². The molecule has 1 aromatic heterocycles. The molecule has 0 atom stereocenters. The number of hydrogen-bond acceptors (Lipinski definition) is 2. The lowest BCUT2D eigenvalue weighted by Crippen LogP contribution is -2.03. The number of hydrogen-bond donors (Lipinski definition) is 1. The number of fused-ring (bicyclic) bond motifs is 1. The van der Waals surface area contributed by atoms with Crippen LogP contribution in [-0.2, 0) is 11.4 Å². The van der Waals surface area contributed by atoms with Crippen LogP contribution in [0.5, 0.6) is 0 Å². The van der Waals surface area contributed by atoms with Crippen molar-refractivity contribution < 1.29 is 4.84 Å². The van der Waals surface area contributed by atoms with Crippen molar-refractivity contribution in [1.82, 2.24) is 4.57 Å². The SMILES string of the molecule is Cc1cc2ccc(CON)cc2n1C(C)C. The van der Waals surface area contributed by atoms with Gasteiger partial charge in [0.2, 0.25) is 0 Å². The van der Waals surface area contributed by atoms with Crippen molar-refractivity contribution in [3.8, 4) is 0 Å². The van der Waals surface area contributed by atoms with Crippen molar-refractivity contribution in [2.45, 2.75) is 33.4 Å². The van der Waals surface area contributed by atoms with Crippen LogP contribution in [0.4, 0.5) is 0 Å². The molecule has 0 unspecified atom stereocenters. The Hall–Kier alpha value is -1.32. The summed E-state index contributed by atoms with van der Waals surface area (Å²) in [4.78, 5) is 4.67. The van der Waals surface area contributed by atoms with Crippen LogP contribution < -0.4 is 5.90 Å². The number of rotatable bonds is 3. The molecule has 16 heavy (non-hydrogen) atoms. The van der Waals surface area contributed by atoms with E-state index in [1.807, 2.05) is 0 Å². The first-order valence-corrected chi connectivity index (χ1v) is 5.55. The predicted octanol–water partition coefficient (Wildman–Crippen LogP) is 2.92. The summed E-state index contributed by atoms with van der Waals surface area (Å²) in [5, 5.41) is 1.27. The number of nitrogens with zero attached hydrogens (tertiary/aromatic N) is 1. The minimum absolute atomic E-state index is 0.457. The van der Waals surface area contributed by atoms with Crippen LogP contribution in [0.1, 0.15) is 31.1 Å². The van der Waals surface area contributed by atoms with E-state index in [1.165, 1.54) is 16.6 Å². The molecule has 0 fully saturated rings. The third kappa shape index (κ3) is 1.84. The first-order chi connectivity index (χ1) is 7.63. The van der Waals surface area contributed by atoms with Gasteiger partial charge in [0.05, 0.1) is 6.61 Å². The van der Waals surface area contributed by atoms with Gasteiger partial charge in [-0.1, -0.05) is 12.1 Å². The lowest BCUT2D eigenvalue weighted by Gasteiger charge is -2.12. The van der Waals surface area contributed by atoms with E-state index in [9.17, 15) is 0 Å². The fraction of sp³-hybridized carbons (Fsp3) is 0.385. The van der Waals surface area contributed by atoms with Crippen LogP contribution in [-0.4, -0.2) is 4.57 Å². The molecule has 0 aliphatic heterocycles. The molecule has 0 saturated heterocycles. The van der Waals surface area contributed by atoms with Gasteiger partial charge in [-0.05, 0) is 43.9 Å². The van der Waals surface area contributed by atoms with Crippen LogP contribution in [0.2, 0.25) is 0 Å². The summed E-state index contributed by atoms with van der Waals surface area (Å²) >= 11 is 0. The van der Waals surface area contributed by atoms with E-state index in [2.05, 4.69) is 54.4 Å². The molecule has 0 bridgehead atoms. The van der Waals surface area contributed by atoms with E-state index in [4.69, 9.17) is 5.90 Å². The van der Waals surface area contributed by atoms with Gasteiger partial charge in [0, 0.05) is 17.3 Å². The van der Waals surface area contributed by atoms with Crippen molar-refractivity contribution >= 4 is 10.9 Å².